The molecule has 0 fully saturated rings. The van der Waals surface area contributed by atoms with Crippen molar-refractivity contribution in [3.8, 4) is 0 Å². The number of ketones is 1. The maximum absolute atomic E-state index is 11.9. The third kappa shape index (κ3) is 3.92. The van der Waals surface area contributed by atoms with Gasteiger partial charge in [-0.15, -0.1) is 0 Å². The summed E-state index contributed by atoms with van der Waals surface area (Å²) in [6.45, 7) is 5.07. The normalized spacial score (nSPS) is 11.8. The summed E-state index contributed by atoms with van der Waals surface area (Å²) in [6, 6.07) is 5.98. The smallest absolute Gasteiger partial charge is 0.319 e. The van der Waals surface area contributed by atoms with Gasteiger partial charge in [0.05, 0.1) is 6.20 Å². The largest absolute Gasteiger partial charge is 0.444 e. The zero-order valence-electron chi connectivity index (χ0n) is 12.1. The van der Waals surface area contributed by atoms with E-state index >= 15 is 0 Å². The molecule has 1 atom stereocenters. The first-order valence-electron chi connectivity index (χ1n) is 6.56. The fourth-order valence-electron chi connectivity index (χ4n) is 1.79. The predicted molar refractivity (Wildman–Crippen MR) is 78.3 cm³/mol. The van der Waals surface area contributed by atoms with Crippen molar-refractivity contribution >= 4 is 17.5 Å². The number of hydrogen-bond donors (Lipinski definition) is 2. The van der Waals surface area contributed by atoms with Crippen LogP contribution in [0.4, 0.5) is 10.5 Å². The Hall–Kier alpha value is -2.63. The van der Waals surface area contributed by atoms with Crippen LogP contribution >= 0.6 is 0 Å². The Kier molecular flexibility index (Phi) is 4.37. The standard InChI is InChI=1S/C15H17N3O3/c1-9-8-16-14(21-9)10(2)17-15(20)18-13-6-4-12(5-7-13)11(3)19/h4-8,10H,1-3H3,(H2,17,18,20). The Morgan fingerprint density at radius 3 is 2.43 bits per heavy atom. The number of rotatable bonds is 4. The number of carbonyl (C=O) groups excluding carboxylic acids is 2. The van der Waals surface area contributed by atoms with Gasteiger partial charge in [-0.05, 0) is 45.0 Å². The summed E-state index contributed by atoms with van der Waals surface area (Å²) in [5.41, 5.74) is 1.21. The fourth-order valence-corrected chi connectivity index (χ4v) is 1.79. The number of nitrogens with zero attached hydrogens (tertiary/aromatic N) is 1. The summed E-state index contributed by atoms with van der Waals surface area (Å²) in [6.07, 6.45) is 1.60. The van der Waals surface area contributed by atoms with E-state index in [-0.39, 0.29) is 17.9 Å². The number of carbonyl (C=O) groups is 2. The summed E-state index contributed by atoms with van der Waals surface area (Å²) < 4.78 is 5.35. The second kappa shape index (κ2) is 6.21. The van der Waals surface area contributed by atoms with Crippen molar-refractivity contribution in [1.29, 1.82) is 0 Å². The highest BCUT2D eigenvalue weighted by atomic mass is 16.4. The minimum Gasteiger partial charge on any atom is -0.444 e. The van der Waals surface area contributed by atoms with Crippen molar-refractivity contribution in [2.75, 3.05) is 5.32 Å². The van der Waals surface area contributed by atoms with Gasteiger partial charge in [-0.1, -0.05) is 0 Å². The zero-order chi connectivity index (χ0) is 15.4. The van der Waals surface area contributed by atoms with E-state index in [9.17, 15) is 9.59 Å². The molecule has 0 spiro atoms. The van der Waals surface area contributed by atoms with Gasteiger partial charge in [-0.3, -0.25) is 4.79 Å². The van der Waals surface area contributed by atoms with Crippen molar-refractivity contribution in [2.45, 2.75) is 26.8 Å². The Labute approximate surface area is 122 Å². The third-order valence-electron chi connectivity index (χ3n) is 2.91. The van der Waals surface area contributed by atoms with Crippen molar-refractivity contribution in [2.24, 2.45) is 0 Å². The quantitative estimate of drug-likeness (QED) is 0.846. The highest BCUT2D eigenvalue weighted by molar-refractivity contribution is 5.95. The van der Waals surface area contributed by atoms with Crippen LogP contribution in [0, 0.1) is 6.92 Å². The summed E-state index contributed by atoms with van der Waals surface area (Å²) >= 11 is 0. The Morgan fingerprint density at radius 2 is 1.90 bits per heavy atom. The number of anilines is 1. The lowest BCUT2D eigenvalue weighted by molar-refractivity contribution is 0.101. The lowest BCUT2D eigenvalue weighted by atomic mass is 10.1. The maximum Gasteiger partial charge on any atom is 0.319 e. The molecule has 0 aliphatic rings. The van der Waals surface area contributed by atoms with Gasteiger partial charge in [0.25, 0.3) is 0 Å². The number of aryl methyl sites for hydroxylation is 1. The number of benzene rings is 1. The molecule has 0 aliphatic carbocycles. The number of hydrogen-bond acceptors (Lipinski definition) is 4. The summed E-state index contributed by atoms with van der Waals surface area (Å²) in [5, 5.41) is 5.41. The molecule has 2 aromatic rings. The average Bonchev–Trinajstić information content (AvgIpc) is 2.86. The summed E-state index contributed by atoms with van der Waals surface area (Å²) in [4.78, 5) is 27.1. The average molecular weight is 287 g/mol. The monoisotopic (exact) mass is 287 g/mol. The lowest BCUT2D eigenvalue weighted by Gasteiger charge is -2.11. The minimum absolute atomic E-state index is 0.0149. The van der Waals surface area contributed by atoms with Crippen molar-refractivity contribution in [3.05, 3.63) is 47.7 Å². The van der Waals surface area contributed by atoms with Gasteiger partial charge in [0.15, 0.2) is 5.78 Å². The molecule has 0 saturated heterocycles. The van der Waals surface area contributed by atoms with E-state index in [1.165, 1.54) is 6.92 Å². The van der Waals surface area contributed by atoms with Gasteiger partial charge >= 0.3 is 6.03 Å². The Balaban J connectivity index is 1.93. The molecule has 2 N–H and O–H groups in total. The molecule has 0 radical (unpaired) electrons. The van der Waals surface area contributed by atoms with Crippen molar-refractivity contribution in [1.82, 2.24) is 10.3 Å². The molecule has 110 valence electrons. The fraction of sp³-hybridized carbons (Fsp3) is 0.267. The van der Waals surface area contributed by atoms with E-state index in [1.807, 2.05) is 0 Å². The van der Waals surface area contributed by atoms with E-state index in [1.54, 1.807) is 44.3 Å². The van der Waals surface area contributed by atoms with Crippen LogP contribution in [0.2, 0.25) is 0 Å². The number of nitrogens with one attached hydrogen (secondary N) is 2. The van der Waals surface area contributed by atoms with Gasteiger partial charge in [0.2, 0.25) is 5.89 Å². The van der Waals surface area contributed by atoms with Crippen molar-refractivity contribution in [3.63, 3.8) is 0 Å². The number of urea groups is 1. The topological polar surface area (TPSA) is 84.2 Å². The number of aromatic nitrogens is 1. The SMILES string of the molecule is CC(=O)c1ccc(NC(=O)NC(C)c2ncc(C)o2)cc1. The first-order chi connectivity index (χ1) is 9.95. The molecule has 6 nitrogen and oxygen atoms in total. The Morgan fingerprint density at radius 1 is 1.24 bits per heavy atom. The molecular formula is C15H17N3O3. The molecule has 2 rings (SSSR count). The number of oxazole rings is 1. The van der Waals surface area contributed by atoms with E-state index in [0.717, 1.165) is 0 Å². The van der Waals surface area contributed by atoms with Gasteiger partial charge in [0, 0.05) is 11.3 Å². The molecule has 21 heavy (non-hydrogen) atoms. The molecule has 1 aromatic heterocycles. The van der Waals surface area contributed by atoms with Gasteiger partial charge < -0.3 is 15.1 Å². The molecule has 1 aromatic carbocycles. The van der Waals surface area contributed by atoms with Crippen LogP contribution in [0.1, 0.15) is 41.9 Å². The highest BCUT2D eigenvalue weighted by Gasteiger charge is 2.14. The van der Waals surface area contributed by atoms with Crippen LogP contribution in [-0.4, -0.2) is 16.8 Å². The lowest BCUT2D eigenvalue weighted by Crippen LogP contribution is -2.31. The third-order valence-corrected chi connectivity index (χ3v) is 2.91. The maximum atomic E-state index is 11.9. The van der Waals surface area contributed by atoms with E-state index < -0.39 is 0 Å². The Bertz CT molecular complexity index is 646. The van der Waals surface area contributed by atoms with Crippen LogP contribution in [0.5, 0.6) is 0 Å². The molecule has 1 heterocycles. The van der Waals surface area contributed by atoms with Crippen LogP contribution < -0.4 is 10.6 Å². The zero-order valence-corrected chi connectivity index (χ0v) is 12.1. The van der Waals surface area contributed by atoms with Gasteiger partial charge in [-0.2, -0.15) is 0 Å². The molecule has 0 saturated carbocycles. The predicted octanol–water partition coefficient (Wildman–Crippen LogP) is 3.07. The van der Waals surface area contributed by atoms with Crippen LogP contribution in [0.15, 0.2) is 34.9 Å². The van der Waals surface area contributed by atoms with Crippen LogP contribution in [-0.2, 0) is 0 Å². The van der Waals surface area contributed by atoms with E-state index in [0.29, 0.717) is 22.9 Å². The molecule has 0 bridgehead atoms. The molecule has 6 heteroatoms. The van der Waals surface area contributed by atoms with Crippen LogP contribution in [0.25, 0.3) is 0 Å². The second-order valence-corrected chi connectivity index (χ2v) is 4.76. The molecular weight excluding hydrogens is 270 g/mol. The number of amides is 2. The summed E-state index contributed by atoms with van der Waals surface area (Å²) in [5.74, 6) is 1.13. The van der Waals surface area contributed by atoms with Crippen LogP contribution in [0.3, 0.4) is 0 Å². The summed E-state index contributed by atoms with van der Waals surface area (Å²) in [7, 11) is 0. The highest BCUT2D eigenvalue weighted by Crippen LogP contribution is 2.13. The van der Waals surface area contributed by atoms with Crippen molar-refractivity contribution < 1.29 is 14.0 Å². The van der Waals surface area contributed by atoms with E-state index in [2.05, 4.69) is 15.6 Å². The number of Topliss-reactive ketones (excluding diaryl/α,β-unsaturated/α-hetero) is 1. The molecule has 2 amide bonds. The minimum atomic E-state index is -0.367. The van der Waals surface area contributed by atoms with E-state index in [4.69, 9.17) is 4.42 Å². The van der Waals surface area contributed by atoms with Gasteiger partial charge in [-0.25, -0.2) is 9.78 Å². The molecule has 0 aliphatic heterocycles. The first-order valence-corrected chi connectivity index (χ1v) is 6.56. The molecule has 1 unspecified atom stereocenters. The second-order valence-electron chi connectivity index (χ2n) is 4.76. The first kappa shape index (κ1) is 14.8. The van der Waals surface area contributed by atoms with Gasteiger partial charge in [0.1, 0.15) is 11.8 Å².